The Balaban J connectivity index is 2.32. The molecular formula is C14H13F2NO2S. The molecule has 2 rings (SSSR count). The lowest BCUT2D eigenvalue weighted by Gasteiger charge is -2.09. The first-order chi connectivity index (χ1) is 9.42. The van der Waals surface area contributed by atoms with Crippen LogP contribution in [0.25, 0.3) is 0 Å². The van der Waals surface area contributed by atoms with Crippen molar-refractivity contribution in [2.24, 2.45) is 0 Å². The molecule has 0 aromatic heterocycles. The van der Waals surface area contributed by atoms with Crippen molar-refractivity contribution in [3.05, 3.63) is 59.7 Å². The highest BCUT2D eigenvalue weighted by molar-refractivity contribution is 7.92. The van der Waals surface area contributed by atoms with Gasteiger partial charge in [0.15, 0.2) is 11.6 Å². The first-order valence-electron chi connectivity index (χ1n) is 5.99. The third-order valence-corrected chi connectivity index (χ3v) is 4.17. The molecule has 0 unspecified atom stereocenters. The molecule has 0 spiro atoms. The lowest BCUT2D eigenvalue weighted by molar-refractivity contribution is 0.504. The predicted molar refractivity (Wildman–Crippen MR) is 73.0 cm³/mol. The van der Waals surface area contributed by atoms with E-state index in [1.165, 1.54) is 0 Å². The maximum absolute atomic E-state index is 13.1. The van der Waals surface area contributed by atoms with Gasteiger partial charge in [-0.3, -0.25) is 4.72 Å². The number of rotatable bonds is 4. The second-order valence-corrected chi connectivity index (χ2v) is 5.92. The monoisotopic (exact) mass is 297 g/mol. The van der Waals surface area contributed by atoms with Crippen LogP contribution in [0.5, 0.6) is 0 Å². The summed E-state index contributed by atoms with van der Waals surface area (Å²) in [4.78, 5) is -0.321. The minimum atomic E-state index is -3.93. The highest BCUT2D eigenvalue weighted by atomic mass is 32.2. The van der Waals surface area contributed by atoms with Crippen molar-refractivity contribution in [2.45, 2.75) is 18.2 Å². The summed E-state index contributed by atoms with van der Waals surface area (Å²) in [5.74, 6) is -2.29. The molecule has 0 aliphatic heterocycles. The van der Waals surface area contributed by atoms with E-state index < -0.39 is 21.7 Å². The summed E-state index contributed by atoms with van der Waals surface area (Å²) in [7, 11) is -3.93. The molecule has 3 nitrogen and oxygen atoms in total. The number of sulfonamides is 1. The summed E-state index contributed by atoms with van der Waals surface area (Å²) in [6, 6.07) is 9.34. The summed E-state index contributed by atoms with van der Waals surface area (Å²) in [6.07, 6.45) is 0.765. The molecule has 2 aromatic carbocycles. The molecule has 6 heteroatoms. The Hall–Kier alpha value is -1.95. The fourth-order valence-electron chi connectivity index (χ4n) is 1.71. The van der Waals surface area contributed by atoms with Gasteiger partial charge in [0, 0.05) is 5.69 Å². The number of halogens is 2. The SMILES string of the molecule is CCc1cccc(NS(=O)(=O)c2ccc(F)c(F)c2)c1. The lowest BCUT2D eigenvalue weighted by atomic mass is 10.1. The van der Waals surface area contributed by atoms with E-state index in [9.17, 15) is 17.2 Å². The van der Waals surface area contributed by atoms with Crippen LogP contribution in [-0.2, 0) is 16.4 Å². The standard InChI is InChI=1S/C14H13F2NO2S/c1-2-10-4-3-5-11(8-10)17-20(18,19)12-6-7-13(15)14(16)9-12/h3-9,17H,2H2,1H3. The van der Waals surface area contributed by atoms with Crippen LogP contribution in [-0.4, -0.2) is 8.42 Å². The van der Waals surface area contributed by atoms with E-state index in [-0.39, 0.29) is 4.90 Å². The molecule has 0 aliphatic rings. The maximum atomic E-state index is 13.1. The van der Waals surface area contributed by atoms with Gasteiger partial charge in [0.25, 0.3) is 10.0 Å². The van der Waals surface area contributed by atoms with Gasteiger partial charge in [-0.15, -0.1) is 0 Å². The highest BCUT2D eigenvalue weighted by Gasteiger charge is 2.16. The van der Waals surface area contributed by atoms with E-state index in [0.29, 0.717) is 11.8 Å². The topological polar surface area (TPSA) is 46.2 Å². The molecule has 2 aromatic rings. The molecule has 0 radical (unpaired) electrons. The Kier molecular flexibility index (Phi) is 4.04. The van der Waals surface area contributed by atoms with Crippen molar-refractivity contribution in [1.29, 1.82) is 0 Å². The Morgan fingerprint density at radius 2 is 1.80 bits per heavy atom. The molecule has 106 valence electrons. The Bertz CT molecular complexity index is 730. The lowest BCUT2D eigenvalue weighted by Crippen LogP contribution is -2.13. The third-order valence-electron chi connectivity index (χ3n) is 2.79. The number of nitrogens with one attached hydrogen (secondary N) is 1. The molecule has 0 bridgehead atoms. The zero-order chi connectivity index (χ0) is 14.8. The van der Waals surface area contributed by atoms with Crippen LogP contribution < -0.4 is 4.72 Å². The average molecular weight is 297 g/mol. The van der Waals surface area contributed by atoms with Crippen LogP contribution in [0.4, 0.5) is 14.5 Å². The van der Waals surface area contributed by atoms with Crippen molar-refractivity contribution in [3.8, 4) is 0 Å². The Labute approximate surface area is 116 Å². The van der Waals surface area contributed by atoms with Crippen molar-refractivity contribution in [3.63, 3.8) is 0 Å². The van der Waals surface area contributed by atoms with Crippen molar-refractivity contribution in [2.75, 3.05) is 4.72 Å². The average Bonchev–Trinajstić information content (AvgIpc) is 2.41. The number of aryl methyl sites for hydroxylation is 1. The molecular weight excluding hydrogens is 284 g/mol. The van der Waals surface area contributed by atoms with Crippen LogP contribution >= 0.6 is 0 Å². The van der Waals surface area contributed by atoms with E-state index >= 15 is 0 Å². The van der Waals surface area contributed by atoms with Crippen molar-refractivity contribution >= 4 is 15.7 Å². The molecule has 0 amide bonds. The van der Waals surface area contributed by atoms with Gasteiger partial charge in [0.05, 0.1) is 4.90 Å². The van der Waals surface area contributed by atoms with E-state index in [0.717, 1.165) is 24.1 Å². The van der Waals surface area contributed by atoms with Crippen molar-refractivity contribution < 1.29 is 17.2 Å². The number of benzene rings is 2. The number of hydrogen-bond acceptors (Lipinski definition) is 2. The van der Waals surface area contributed by atoms with Gasteiger partial charge in [-0.1, -0.05) is 19.1 Å². The quantitative estimate of drug-likeness (QED) is 0.941. The van der Waals surface area contributed by atoms with Crippen LogP contribution in [0.15, 0.2) is 47.4 Å². The van der Waals surface area contributed by atoms with E-state index in [1.54, 1.807) is 18.2 Å². The normalized spacial score (nSPS) is 11.3. The molecule has 1 N–H and O–H groups in total. The number of hydrogen-bond donors (Lipinski definition) is 1. The van der Waals surface area contributed by atoms with Crippen LogP contribution in [0.3, 0.4) is 0 Å². The van der Waals surface area contributed by atoms with Gasteiger partial charge < -0.3 is 0 Å². The Morgan fingerprint density at radius 1 is 1.05 bits per heavy atom. The summed E-state index contributed by atoms with van der Waals surface area (Å²) < 4.78 is 52.4. The molecule has 0 saturated heterocycles. The predicted octanol–water partition coefficient (Wildman–Crippen LogP) is 3.33. The van der Waals surface area contributed by atoms with Crippen LogP contribution in [0.1, 0.15) is 12.5 Å². The molecule has 0 atom stereocenters. The zero-order valence-electron chi connectivity index (χ0n) is 10.7. The van der Waals surface area contributed by atoms with Gasteiger partial charge >= 0.3 is 0 Å². The second-order valence-electron chi connectivity index (χ2n) is 4.24. The van der Waals surface area contributed by atoms with Gasteiger partial charge in [-0.2, -0.15) is 0 Å². The maximum Gasteiger partial charge on any atom is 0.261 e. The zero-order valence-corrected chi connectivity index (χ0v) is 11.5. The minimum Gasteiger partial charge on any atom is -0.280 e. The summed E-state index contributed by atoms with van der Waals surface area (Å²) in [5, 5.41) is 0. The molecule has 20 heavy (non-hydrogen) atoms. The molecule has 0 saturated carbocycles. The first kappa shape index (κ1) is 14.5. The van der Waals surface area contributed by atoms with Gasteiger partial charge in [0.1, 0.15) is 0 Å². The molecule has 0 aliphatic carbocycles. The van der Waals surface area contributed by atoms with Crippen LogP contribution in [0.2, 0.25) is 0 Å². The highest BCUT2D eigenvalue weighted by Crippen LogP contribution is 2.19. The summed E-state index contributed by atoms with van der Waals surface area (Å²) in [5.41, 5.74) is 1.35. The fourth-order valence-corrected chi connectivity index (χ4v) is 2.77. The fraction of sp³-hybridized carbons (Fsp3) is 0.143. The van der Waals surface area contributed by atoms with Gasteiger partial charge in [0.2, 0.25) is 0 Å². The molecule has 0 heterocycles. The van der Waals surface area contributed by atoms with E-state index in [2.05, 4.69) is 4.72 Å². The van der Waals surface area contributed by atoms with E-state index in [1.807, 2.05) is 13.0 Å². The first-order valence-corrected chi connectivity index (χ1v) is 7.47. The number of anilines is 1. The minimum absolute atomic E-state index is 0.321. The smallest absolute Gasteiger partial charge is 0.261 e. The third kappa shape index (κ3) is 3.14. The van der Waals surface area contributed by atoms with Crippen LogP contribution in [0, 0.1) is 11.6 Å². The van der Waals surface area contributed by atoms with Gasteiger partial charge in [-0.05, 0) is 42.3 Å². The summed E-state index contributed by atoms with van der Waals surface area (Å²) >= 11 is 0. The van der Waals surface area contributed by atoms with Crippen molar-refractivity contribution in [1.82, 2.24) is 0 Å². The van der Waals surface area contributed by atoms with E-state index in [4.69, 9.17) is 0 Å². The van der Waals surface area contributed by atoms with Gasteiger partial charge in [-0.25, -0.2) is 17.2 Å². The second kappa shape index (κ2) is 5.58. The largest absolute Gasteiger partial charge is 0.280 e. The Morgan fingerprint density at radius 3 is 2.45 bits per heavy atom. The summed E-state index contributed by atoms with van der Waals surface area (Å²) in [6.45, 7) is 1.95. The molecule has 0 fully saturated rings.